The zero-order valence-corrected chi connectivity index (χ0v) is 15.6. The molecule has 28 heavy (non-hydrogen) atoms. The topological polar surface area (TPSA) is 95.5 Å². The van der Waals surface area contributed by atoms with E-state index in [0.717, 1.165) is 24.8 Å². The molecule has 2 amide bonds. The first kappa shape index (κ1) is 18.4. The zero-order valence-electron chi connectivity index (χ0n) is 15.6. The molecule has 1 fully saturated rings. The molecule has 1 heterocycles. The molecule has 1 aliphatic heterocycles. The van der Waals surface area contributed by atoms with Crippen LogP contribution in [0.25, 0.3) is 0 Å². The molecular formula is C22H22N2O4. The predicted molar refractivity (Wildman–Crippen MR) is 105 cm³/mol. The van der Waals surface area contributed by atoms with Gasteiger partial charge in [-0.05, 0) is 55.2 Å². The van der Waals surface area contributed by atoms with Crippen molar-refractivity contribution in [3.8, 4) is 0 Å². The van der Waals surface area contributed by atoms with Gasteiger partial charge in [0.1, 0.15) is 0 Å². The molecule has 0 radical (unpaired) electrons. The van der Waals surface area contributed by atoms with E-state index in [0.29, 0.717) is 22.5 Å². The average Bonchev–Trinajstić information content (AvgIpc) is 3.50. The number of benzene rings is 2. The number of nitrogens with one attached hydrogen (secondary N) is 2. The van der Waals surface area contributed by atoms with E-state index in [4.69, 9.17) is 0 Å². The summed E-state index contributed by atoms with van der Waals surface area (Å²) < 4.78 is 0. The molecule has 6 nitrogen and oxygen atoms in total. The SMILES string of the molecule is CCc1ccc2c(c1)C(O)(CC(=O)c1ccc(NC(=O)C3CC3)cc1)C(=O)N2. The van der Waals surface area contributed by atoms with Crippen molar-refractivity contribution in [1.29, 1.82) is 0 Å². The Balaban J connectivity index is 1.51. The van der Waals surface area contributed by atoms with Crippen LogP contribution in [0.4, 0.5) is 11.4 Å². The van der Waals surface area contributed by atoms with Gasteiger partial charge in [-0.3, -0.25) is 14.4 Å². The summed E-state index contributed by atoms with van der Waals surface area (Å²) in [5, 5.41) is 16.5. The summed E-state index contributed by atoms with van der Waals surface area (Å²) in [5.41, 5.74) is 1.09. The molecule has 2 aromatic rings. The molecular weight excluding hydrogens is 356 g/mol. The molecule has 0 bridgehead atoms. The molecule has 1 saturated carbocycles. The normalized spacial score (nSPS) is 20.4. The monoisotopic (exact) mass is 378 g/mol. The first-order valence-corrected chi connectivity index (χ1v) is 9.52. The Bertz CT molecular complexity index is 963. The van der Waals surface area contributed by atoms with Crippen LogP contribution in [0, 0.1) is 5.92 Å². The van der Waals surface area contributed by atoms with Crippen LogP contribution in [0.2, 0.25) is 0 Å². The molecule has 0 aromatic heterocycles. The molecule has 144 valence electrons. The third-order valence-corrected chi connectivity index (χ3v) is 5.40. The number of hydrogen-bond acceptors (Lipinski definition) is 4. The van der Waals surface area contributed by atoms with Crippen molar-refractivity contribution in [1.82, 2.24) is 0 Å². The quantitative estimate of drug-likeness (QED) is 0.674. The zero-order chi connectivity index (χ0) is 19.9. The van der Waals surface area contributed by atoms with Crippen LogP contribution >= 0.6 is 0 Å². The summed E-state index contributed by atoms with van der Waals surface area (Å²) in [6.45, 7) is 1.99. The second kappa shape index (κ2) is 6.87. The van der Waals surface area contributed by atoms with E-state index in [-0.39, 0.29) is 24.0 Å². The van der Waals surface area contributed by atoms with Crippen LogP contribution in [0.5, 0.6) is 0 Å². The Kier molecular flexibility index (Phi) is 4.51. The first-order valence-electron chi connectivity index (χ1n) is 9.52. The maximum atomic E-state index is 12.7. The Morgan fingerprint density at radius 2 is 1.89 bits per heavy atom. The lowest BCUT2D eigenvalue weighted by molar-refractivity contribution is -0.133. The van der Waals surface area contributed by atoms with Crippen LogP contribution in [0.15, 0.2) is 42.5 Å². The number of ketones is 1. The summed E-state index contributed by atoms with van der Waals surface area (Å²) in [6, 6.07) is 11.9. The molecule has 1 atom stereocenters. The van der Waals surface area contributed by atoms with Crippen LogP contribution in [0.1, 0.15) is 47.7 Å². The van der Waals surface area contributed by atoms with Crippen molar-refractivity contribution in [2.24, 2.45) is 5.92 Å². The fourth-order valence-electron chi connectivity index (χ4n) is 3.45. The van der Waals surface area contributed by atoms with Crippen molar-refractivity contribution in [3.05, 3.63) is 59.2 Å². The van der Waals surface area contributed by atoms with E-state index in [2.05, 4.69) is 10.6 Å². The Morgan fingerprint density at radius 1 is 1.18 bits per heavy atom. The Labute approximate surface area is 163 Å². The Hall–Kier alpha value is -2.99. The fourth-order valence-corrected chi connectivity index (χ4v) is 3.45. The number of amides is 2. The molecule has 2 aromatic carbocycles. The Morgan fingerprint density at radius 3 is 2.54 bits per heavy atom. The lowest BCUT2D eigenvalue weighted by Crippen LogP contribution is -2.36. The number of fused-ring (bicyclic) bond motifs is 1. The highest BCUT2D eigenvalue weighted by Crippen LogP contribution is 2.39. The molecule has 3 N–H and O–H groups in total. The molecule has 0 saturated heterocycles. The minimum Gasteiger partial charge on any atom is -0.375 e. The number of carbonyl (C=O) groups is 3. The highest BCUT2D eigenvalue weighted by Gasteiger charge is 2.46. The van der Waals surface area contributed by atoms with E-state index in [1.807, 2.05) is 13.0 Å². The maximum Gasteiger partial charge on any atom is 0.261 e. The molecule has 2 aliphatic rings. The number of rotatable bonds is 6. The summed E-state index contributed by atoms with van der Waals surface area (Å²) in [7, 11) is 0. The summed E-state index contributed by atoms with van der Waals surface area (Å²) in [6.07, 6.45) is 2.26. The summed E-state index contributed by atoms with van der Waals surface area (Å²) >= 11 is 0. The minimum absolute atomic E-state index is 0.000602. The number of carbonyl (C=O) groups excluding carboxylic acids is 3. The van der Waals surface area contributed by atoms with Crippen LogP contribution in [0.3, 0.4) is 0 Å². The van der Waals surface area contributed by atoms with E-state index in [1.165, 1.54) is 0 Å². The molecule has 6 heteroatoms. The van der Waals surface area contributed by atoms with Gasteiger partial charge in [-0.25, -0.2) is 0 Å². The number of anilines is 2. The van der Waals surface area contributed by atoms with Gasteiger partial charge in [0.05, 0.1) is 6.42 Å². The van der Waals surface area contributed by atoms with Crippen molar-refractivity contribution < 1.29 is 19.5 Å². The van der Waals surface area contributed by atoms with Gasteiger partial charge in [-0.1, -0.05) is 19.1 Å². The molecule has 0 spiro atoms. The van der Waals surface area contributed by atoms with Gasteiger partial charge in [0, 0.05) is 28.4 Å². The van der Waals surface area contributed by atoms with E-state index >= 15 is 0 Å². The van der Waals surface area contributed by atoms with E-state index in [1.54, 1.807) is 36.4 Å². The largest absolute Gasteiger partial charge is 0.375 e. The second-order valence-electron chi connectivity index (χ2n) is 7.49. The van der Waals surface area contributed by atoms with Crippen LogP contribution in [-0.4, -0.2) is 22.7 Å². The lowest BCUT2D eigenvalue weighted by Gasteiger charge is -2.20. The van der Waals surface area contributed by atoms with Crippen molar-refractivity contribution in [2.75, 3.05) is 10.6 Å². The third-order valence-electron chi connectivity index (χ3n) is 5.40. The lowest BCUT2D eigenvalue weighted by atomic mass is 9.87. The average molecular weight is 378 g/mol. The van der Waals surface area contributed by atoms with E-state index < -0.39 is 11.5 Å². The van der Waals surface area contributed by atoms with Gasteiger partial charge >= 0.3 is 0 Å². The smallest absolute Gasteiger partial charge is 0.261 e. The van der Waals surface area contributed by atoms with Gasteiger partial charge in [0.25, 0.3) is 5.91 Å². The second-order valence-corrected chi connectivity index (χ2v) is 7.49. The van der Waals surface area contributed by atoms with Gasteiger partial charge < -0.3 is 15.7 Å². The third kappa shape index (κ3) is 3.31. The van der Waals surface area contributed by atoms with Gasteiger partial charge in [0.15, 0.2) is 11.4 Å². The van der Waals surface area contributed by atoms with Crippen molar-refractivity contribution in [2.45, 2.75) is 38.2 Å². The standard InChI is InChI=1S/C22H22N2O4/c1-2-13-3-10-18-17(11-13)22(28,21(27)24-18)12-19(25)14-6-8-16(9-7-14)23-20(26)15-4-5-15/h3,6-11,15,28H,2,4-5,12H2,1H3,(H,23,26)(H,24,27). The number of hydrogen-bond donors (Lipinski definition) is 3. The van der Waals surface area contributed by atoms with Gasteiger partial charge in [-0.15, -0.1) is 0 Å². The van der Waals surface area contributed by atoms with Gasteiger partial charge in [-0.2, -0.15) is 0 Å². The fraction of sp³-hybridized carbons (Fsp3) is 0.318. The van der Waals surface area contributed by atoms with Gasteiger partial charge in [0.2, 0.25) is 5.91 Å². The molecule has 1 aliphatic carbocycles. The summed E-state index contributed by atoms with van der Waals surface area (Å²) in [5.74, 6) is -0.825. The molecule has 4 rings (SSSR count). The highest BCUT2D eigenvalue weighted by atomic mass is 16.3. The molecule has 1 unspecified atom stereocenters. The van der Waals surface area contributed by atoms with Crippen molar-refractivity contribution >= 4 is 29.0 Å². The van der Waals surface area contributed by atoms with Crippen LogP contribution in [-0.2, 0) is 21.6 Å². The first-order chi connectivity index (χ1) is 13.4. The van der Waals surface area contributed by atoms with Crippen LogP contribution < -0.4 is 10.6 Å². The number of aliphatic hydroxyl groups is 1. The van der Waals surface area contributed by atoms with E-state index in [9.17, 15) is 19.5 Å². The maximum absolute atomic E-state index is 12.7. The number of aryl methyl sites for hydroxylation is 1. The van der Waals surface area contributed by atoms with Crippen molar-refractivity contribution in [3.63, 3.8) is 0 Å². The highest BCUT2D eigenvalue weighted by molar-refractivity contribution is 6.09. The minimum atomic E-state index is -1.88. The summed E-state index contributed by atoms with van der Waals surface area (Å²) in [4.78, 5) is 37.0. The predicted octanol–water partition coefficient (Wildman–Crippen LogP) is 3.01. The number of Topliss-reactive ketones (excluding diaryl/α,β-unsaturated/α-hetero) is 1.